The SMILES string of the molecule is Nc1ccc(-c2cccc3[nH]nnc23)c(O)c1. The highest BCUT2D eigenvalue weighted by atomic mass is 16.3. The van der Waals surface area contributed by atoms with Crippen LogP contribution >= 0.6 is 0 Å². The van der Waals surface area contributed by atoms with Crippen LogP contribution < -0.4 is 5.73 Å². The van der Waals surface area contributed by atoms with Gasteiger partial charge in [0.15, 0.2) is 0 Å². The Morgan fingerprint density at radius 1 is 1.12 bits per heavy atom. The van der Waals surface area contributed by atoms with Gasteiger partial charge in [0, 0.05) is 22.9 Å². The zero-order valence-electron chi connectivity index (χ0n) is 8.88. The number of hydrogen-bond acceptors (Lipinski definition) is 4. The molecule has 3 rings (SSSR count). The number of aromatic amines is 1. The van der Waals surface area contributed by atoms with E-state index < -0.39 is 0 Å². The van der Waals surface area contributed by atoms with Crippen molar-refractivity contribution in [2.45, 2.75) is 0 Å². The zero-order valence-corrected chi connectivity index (χ0v) is 8.88. The van der Waals surface area contributed by atoms with Crippen molar-refractivity contribution in [3.05, 3.63) is 36.4 Å². The molecule has 2 aromatic carbocycles. The molecule has 0 saturated heterocycles. The first kappa shape index (κ1) is 9.65. The van der Waals surface area contributed by atoms with Crippen LogP contribution in [0.1, 0.15) is 0 Å². The molecular weight excluding hydrogens is 216 g/mol. The second-order valence-electron chi connectivity index (χ2n) is 3.79. The van der Waals surface area contributed by atoms with Gasteiger partial charge in [-0.25, -0.2) is 0 Å². The number of H-pyrrole nitrogens is 1. The molecule has 0 atom stereocenters. The maximum Gasteiger partial charge on any atom is 0.125 e. The van der Waals surface area contributed by atoms with Gasteiger partial charge in [-0.05, 0) is 18.2 Å². The zero-order chi connectivity index (χ0) is 11.8. The minimum atomic E-state index is 0.139. The highest BCUT2D eigenvalue weighted by Gasteiger charge is 2.10. The largest absolute Gasteiger partial charge is 0.507 e. The van der Waals surface area contributed by atoms with Gasteiger partial charge in [0.25, 0.3) is 0 Å². The molecule has 84 valence electrons. The van der Waals surface area contributed by atoms with Crippen molar-refractivity contribution in [3.63, 3.8) is 0 Å². The number of anilines is 1. The number of fused-ring (bicyclic) bond motifs is 1. The lowest BCUT2D eigenvalue weighted by Crippen LogP contribution is -1.86. The van der Waals surface area contributed by atoms with Crippen LogP contribution in [-0.4, -0.2) is 20.5 Å². The Kier molecular flexibility index (Phi) is 1.98. The average Bonchev–Trinajstić information content (AvgIpc) is 2.77. The maximum absolute atomic E-state index is 9.90. The normalized spacial score (nSPS) is 10.8. The third-order valence-electron chi connectivity index (χ3n) is 2.67. The van der Waals surface area contributed by atoms with E-state index in [0.717, 1.165) is 16.6 Å². The maximum atomic E-state index is 9.90. The summed E-state index contributed by atoms with van der Waals surface area (Å²) in [6.07, 6.45) is 0. The fraction of sp³-hybridized carbons (Fsp3) is 0. The van der Waals surface area contributed by atoms with E-state index >= 15 is 0 Å². The molecule has 17 heavy (non-hydrogen) atoms. The molecule has 0 aliphatic rings. The van der Waals surface area contributed by atoms with Crippen molar-refractivity contribution in [1.82, 2.24) is 15.4 Å². The molecule has 0 saturated carbocycles. The molecule has 0 bridgehead atoms. The van der Waals surface area contributed by atoms with E-state index in [2.05, 4.69) is 15.4 Å². The van der Waals surface area contributed by atoms with E-state index in [4.69, 9.17) is 5.73 Å². The summed E-state index contributed by atoms with van der Waals surface area (Å²) in [5.74, 6) is 0.139. The predicted molar refractivity (Wildman–Crippen MR) is 65.4 cm³/mol. The predicted octanol–water partition coefficient (Wildman–Crippen LogP) is 1.91. The van der Waals surface area contributed by atoms with Gasteiger partial charge in [0.1, 0.15) is 11.3 Å². The van der Waals surface area contributed by atoms with E-state index in [1.54, 1.807) is 12.1 Å². The lowest BCUT2D eigenvalue weighted by Gasteiger charge is -2.05. The molecule has 1 heterocycles. The topological polar surface area (TPSA) is 87.8 Å². The van der Waals surface area contributed by atoms with Crippen LogP contribution in [0.25, 0.3) is 22.2 Å². The molecule has 3 aromatic rings. The molecular formula is C12H10N4O. The molecule has 5 heteroatoms. The first-order chi connectivity index (χ1) is 8.25. The summed E-state index contributed by atoms with van der Waals surface area (Å²) in [6.45, 7) is 0. The van der Waals surface area contributed by atoms with Crippen molar-refractivity contribution < 1.29 is 5.11 Å². The monoisotopic (exact) mass is 226 g/mol. The number of nitrogens with two attached hydrogens (primary N) is 1. The number of aromatic hydroxyl groups is 1. The summed E-state index contributed by atoms with van der Waals surface area (Å²) in [5, 5.41) is 20.5. The molecule has 0 unspecified atom stereocenters. The molecule has 0 spiro atoms. The van der Waals surface area contributed by atoms with Gasteiger partial charge >= 0.3 is 0 Å². The van der Waals surface area contributed by atoms with Crippen LogP contribution in [0.5, 0.6) is 5.75 Å². The number of aromatic nitrogens is 3. The summed E-state index contributed by atoms with van der Waals surface area (Å²) in [7, 11) is 0. The number of nitrogens with one attached hydrogen (secondary N) is 1. The highest BCUT2D eigenvalue weighted by molar-refractivity contribution is 5.93. The van der Waals surface area contributed by atoms with Gasteiger partial charge in [-0.1, -0.05) is 17.3 Å². The van der Waals surface area contributed by atoms with Crippen LogP contribution in [0.3, 0.4) is 0 Å². The number of phenols is 1. The third-order valence-corrected chi connectivity index (χ3v) is 2.67. The summed E-state index contributed by atoms with van der Waals surface area (Å²) in [4.78, 5) is 0. The Morgan fingerprint density at radius 2 is 2.00 bits per heavy atom. The van der Waals surface area contributed by atoms with Crippen LogP contribution in [-0.2, 0) is 0 Å². The Labute approximate surface area is 96.9 Å². The van der Waals surface area contributed by atoms with Gasteiger partial charge in [-0.15, -0.1) is 5.10 Å². The summed E-state index contributed by atoms with van der Waals surface area (Å²) in [6, 6.07) is 10.7. The van der Waals surface area contributed by atoms with Crippen molar-refractivity contribution in [2.75, 3.05) is 5.73 Å². The smallest absolute Gasteiger partial charge is 0.125 e. The van der Waals surface area contributed by atoms with Crippen molar-refractivity contribution in [2.24, 2.45) is 0 Å². The summed E-state index contributed by atoms with van der Waals surface area (Å²) >= 11 is 0. The van der Waals surface area contributed by atoms with Crippen LogP contribution in [0.2, 0.25) is 0 Å². The molecule has 4 N–H and O–H groups in total. The van der Waals surface area contributed by atoms with E-state index in [1.165, 1.54) is 6.07 Å². The van der Waals surface area contributed by atoms with E-state index in [0.29, 0.717) is 11.3 Å². The number of nitrogen functional groups attached to an aromatic ring is 1. The number of hydrogen-bond donors (Lipinski definition) is 3. The van der Waals surface area contributed by atoms with Crippen molar-refractivity contribution >= 4 is 16.7 Å². The summed E-state index contributed by atoms with van der Waals surface area (Å²) < 4.78 is 0. The molecule has 5 nitrogen and oxygen atoms in total. The van der Waals surface area contributed by atoms with Crippen LogP contribution in [0.15, 0.2) is 36.4 Å². The Morgan fingerprint density at radius 3 is 2.82 bits per heavy atom. The molecule has 0 amide bonds. The first-order valence-electron chi connectivity index (χ1n) is 5.14. The lowest BCUT2D eigenvalue weighted by molar-refractivity contribution is 0.477. The van der Waals surface area contributed by atoms with Crippen LogP contribution in [0, 0.1) is 0 Å². The molecule has 0 aliphatic heterocycles. The van der Waals surface area contributed by atoms with Crippen molar-refractivity contribution in [3.8, 4) is 16.9 Å². The fourth-order valence-electron chi connectivity index (χ4n) is 1.86. The van der Waals surface area contributed by atoms with E-state index in [9.17, 15) is 5.11 Å². The number of phenolic OH excluding ortho intramolecular Hbond substituents is 1. The minimum absolute atomic E-state index is 0.139. The highest BCUT2D eigenvalue weighted by Crippen LogP contribution is 2.33. The molecule has 0 aliphatic carbocycles. The first-order valence-corrected chi connectivity index (χ1v) is 5.14. The van der Waals surface area contributed by atoms with Gasteiger partial charge < -0.3 is 10.8 Å². The molecule has 1 aromatic heterocycles. The Balaban J connectivity index is 2.30. The lowest BCUT2D eigenvalue weighted by atomic mass is 10.0. The Bertz CT molecular complexity index is 690. The number of benzene rings is 2. The van der Waals surface area contributed by atoms with Crippen LogP contribution in [0.4, 0.5) is 5.69 Å². The Hall–Kier alpha value is -2.56. The average molecular weight is 226 g/mol. The quantitative estimate of drug-likeness (QED) is 0.553. The van der Waals surface area contributed by atoms with Crippen molar-refractivity contribution in [1.29, 1.82) is 0 Å². The van der Waals surface area contributed by atoms with E-state index in [-0.39, 0.29) is 5.75 Å². The third kappa shape index (κ3) is 1.48. The standard InChI is InChI=1S/C12H10N4O/c13-7-4-5-8(11(17)6-7)9-2-1-3-10-12(9)15-16-14-10/h1-6,17H,13H2,(H,14,15,16). The van der Waals surface area contributed by atoms with Gasteiger partial charge in [0.2, 0.25) is 0 Å². The second-order valence-corrected chi connectivity index (χ2v) is 3.79. The second kappa shape index (κ2) is 3.48. The van der Waals surface area contributed by atoms with E-state index in [1.807, 2.05) is 18.2 Å². The minimum Gasteiger partial charge on any atom is -0.507 e. The van der Waals surface area contributed by atoms with Gasteiger partial charge in [-0.2, -0.15) is 0 Å². The number of nitrogens with zero attached hydrogens (tertiary/aromatic N) is 2. The fourth-order valence-corrected chi connectivity index (χ4v) is 1.86. The van der Waals surface area contributed by atoms with Gasteiger partial charge in [-0.3, -0.25) is 5.10 Å². The molecule has 0 fully saturated rings. The summed E-state index contributed by atoms with van der Waals surface area (Å²) in [5.41, 5.74) is 9.21. The number of rotatable bonds is 1. The molecule has 0 radical (unpaired) electrons. The van der Waals surface area contributed by atoms with Gasteiger partial charge in [0.05, 0.1) is 5.52 Å².